The molecule has 1 aromatic carbocycles. The van der Waals surface area contributed by atoms with Crippen LogP contribution in [0, 0.1) is 0 Å². The summed E-state index contributed by atoms with van der Waals surface area (Å²) in [5, 5.41) is 0.698. The summed E-state index contributed by atoms with van der Waals surface area (Å²) in [4.78, 5) is 25.5. The van der Waals surface area contributed by atoms with Crippen LogP contribution in [0.1, 0.15) is 16.3 Å². The maximum absolute atomic E-state index is 12.5. The molecule has 0 radical (unpaired) electrons. The maximum Gasteiger partial charge on any atom is 0.272 e. The second-order valence-electron chi connectivity index (χ2n) is 6.50. The Balaban J connectivity index is 1.41. The van der Waals surface area contributed by atoms with Gasteiger partial charge >= 0.3 is 0 Å². The highest BCUT2D eigenvalue weighted by atomic mass is 35.5. The molecule has 0 atom stereocenters. The van der Waals surface area contributed by atoms with Gasteiger partial charge in [-0.15, -0.1) is 0 Å². The highest BCUT2D eigenvalue weighted by Crippen LogP contribution is 2.20. The van der Waals surface area contributed by atoms with Crippen LogP contribution in [-0.4, -0.2) is 56.4 Å². The van der Waals surface area contributed by atoms with Crippen LogP contribution < -0.4 is 0 Å². The van der Waals surface area contributed by atoms with E-state index in [1.807, 2.05) is 42.3 Å². The van der Waals surface area contributed by atoms with Gasteiger partial charge in [-0.2, -0.15) is 0 Å². The van der Waals surface area contributed by atoms with Crippen molar-refractivity contribution in [1.82, 2.24) is 24.3 Å². The molecule has 0 aliphatic carbocycles. The van der Waals surface area contributed by atoms with Crippen LogP contribution in [0.3, 0.4) is 0 Å². The molecular weight excluding hydrogens is 350 g/mol. The number of rotatable bonds is 3. The predicted octanol–water partition coefficient (Wildman–Crippen LogP) is 2.58. The van der Waals surface area contributed by atoms with Crippen LogP contribution in [0.15, 0.2) is 42.6 Å². The molecule has 1 amide bonds. The summed E-state index contributed by atoms with van der Waals surface area (Å²) in [6, 6.07) is 11.2. The fourth-order valence-corrected chi connectivity index (χ4v) is 3.49. The Morgan fingerprint density at radius 3 is 2.69 bits per heavy atom. The van der Waals surface area contributed by atoms with Gasteiger partial charge in [-0.25, -0.2) is 4.98 Å². The second-order valence-corrected chi connectivity index (χ2v) is 6.94. The van der Waals surface area contributed by atoms with Crippen molar-refractivity contribution in [2.24, 2.45) is 7.05 Å². The number of hydrogen-bond donors (Lipinski definition) is 0. The van der Waals surface area contributed by atoms with Crippen LogP contribution in [0.4, 0.5) is 0 Å². The number of carbonyl (C=O) groups is 1. The first-order chi connectivity index (χ1) is 12.6. The number of fused-ring (bicyclic) bond motifs is 1. The summed E-state index contributed by atoms with van der Waals surface area (Å²) in [6.45, 7) is 3.80. The van der Waals surface area contributed by atoms with Gasteiger partial charge in [0.15, 0.2) is 0 Å². The molecule has 1 saturated heterocycles. The van der Waals surface area contributed by atoms with Gasteiger partial charge in [-0.3, -0.25) is 14.7 Å². The van der Waals surface area contributed by atoms with Crippen LogP contribution in [-0.2, 0) is 13.6 Å². The number of aromatic nitrogens is 3. The third-order valence-corrected chi connectivity index (χ3v) is 5.08. The molecule has 1 fully saturated rings. The van der Waals surface area contributed by atoms with E-state index in [1.165, 1.54) is 0 Å². The fourth-order valence-electron chi connectivity index (χ4n) is 3.32. The van der Waals surface area contributed by atoms with Crippen molar-refractivity contribution in [3.63, 3.8) is 0 Å². The Hall–Kier alpha value is -2.44. The minimum atomic E-state index is 0.00243. The van der Waals surface area contributed by atoms with E-state index in [-0.39, 0.29) is 5.91 Å². The monoisotopic (exact) mass is 369 g/mol. The number of benzene rings is 1. The van der Waals surface area contributed by atoms with Crippen molar-refractivity contribution in [3.8, 4) is 0 Å². The number of piperazine rings is 1. The lowest BCUT2D eigenvalue weighted by Gasteiger charge is -2.34. The molecule has 0 spiro atoms. The Labute approximate surface area is 157 Å². The molecule has 3 heterocycles. The van der Waals surface area contributed by atoms with E-state index in [2.05, 4.69) is 14.5 Å². The Bertz CT molecular complexity index is 932. The Kier molecular flexibility index (Phi) is 4.61. The predicted molar refractivity (Wildman–Crippen MR) is 101 cm³/mol. The number of pyridine rings is 1. The van der Waals surface area contributed by atoms with E-state index in [4.69, 9.17) is 16.6 Å². The van der Waals surface area contributed by atoms with Gasteiger partial charge in [0.1, 0.15) is 11.5 Å². The van der Waals surface area contributed by atoms with Gasteiger partial charge in [0, 0.05) is 44.4 Å². The standard InChI is InChI=1S/C19H20ClN5O/c1-23-17-6-5-14(20)12-16(17)22-18(23)13-24-8-10-25(11-9-24)19(26)15-4-2-3-7-21-15/h2-7,12H,8-11,13H2,1H3. The van der Waals surface area contributed by atoms with Crippen LogP contribution in [0.25, 0.3) is 11.0 Å². The molecule has 1 aliphatic rings. The molecular formula is C19H20ClN5O. The number of carbonyl (C=O) groups excluding carboxylic acids is 1. The van der Waals surface area contributed by atoms with E-state index in [9.17, 15) is 4.79 Å². The first-order valence-corrected chi connectivity index (χ1v) is 9.03. The van der Waals surface area contributed by atoms with Gasteiger partial charge in [0.25, 0.3) is 5.91 Å². The molecule has 26 heavy (non-hydrogen) atoms. The molecule has 3 aromatic rings. The van der Waals surface area contributed by atoms with E-state index in [0.717, 1.165) is 36.5 Å². The van der Waals surface area contributed by atoms with Gasteiger partial charge in [0.2, 0.25) is 0 Å². The molecule has 6 nitrogen and oxygen atoms in total. The van der Waals surface area contributed by atoms with Crippen LogP contribution >= 0.6 is 11.6 Å². The van der Waals surface area contributed by atoms with E-state index in [1.54, 1.807) is 12.3 Å². The van der Waals surface area contributed by atoms with Crippen molar-refractivity contribution in [1.29, 1.82) is 0 Å². The summed E-state index contributed by atoms with van der Waals surface area (Å²) in [5.74, 6) is 1.01. The lowest BCUT2D eigenvalue weighted by molar-refractivity contribution is 0.0619. The highest BCUT2D eigenvalue weighted by Gasteiger charge is 2.23. The molecule has 0 N–H and O–H groups in total. The largest absolute Gasteiger partial charge is 0.335 e. The van der Waals surface area contributed by atoms with Crippen molar-refractivity contribution in [3.05, 3.63) is 59.1 Å². The normalized spacial score (nSPS) is 15.5. The lowest BCUT2D eigenvalue weighted by Crippen LogP contribution is -2.48. The smallest absolute Gasteiger partial charge is 0.272 e. The van der Waals surface area contributed by atoms with E-state index >= 15 is 0 Å². The van der Waals surface area contributed by atoms with E-state index < -0.39 is 0 Å². The first kappa shape index (κ1) is 17.0. The lowest BCUT2D eigenvalue weighted by atomic mass is 10.2. The van der Waals surface area contributed by atoms with Crippen molar-refractivity contribution >= 4 is 28.5 Å². The third kappa shape index (κ3) is 3.30. The van der Waals surface area contributed by atoms with Gasteiger partial charge in [-0.05, 0) is 30.3 Å². The topological polar surface area (TPSA) is 54.3 Å². The van der Waals surface area contributed by atoms with Crippen molar-refractivity contribution in [2.75, 3.05) is 26.2 Å². The zero-order chi connectivity index (χ0) is 18.1. The molecule has 2 aromatic heterocycles. The first-order valence-electron chi connectivity index (χ1n) is 8.65. The minimum Gasteiger partial charge on any atom is -0.335 e. The average Bonchev–Trinajstić information content (AvgIpc) is 2.97. The molecule has 0 saturated carbocycles. The maximum atomic E-state index is 12.5. The molecule has 134 valence electrons. The summed E-state index contributed by atoms with van der Waals surface area (Å²) in [5.41, 5.74) is 2.50. The third-order valence-electron chi connectivity index (χ3n) is 4.84. The molecule has 1 aliphatic heterocycles. The van der Waals surface area contributed by atoms with Crippen molar-refractivity contribution in [2.45, 2.75) is 6.54 Å². The van der Waals surface area contributed by atoms with Crippen molar-refractivity contribution < 1.29 is 4.79 Å². The fraction of sp³-hybridized carbons (Fsp3) is 0.316. The van der Waals surface area contributed by atoms with Gasteiger partial charge in [0.05, 0.1) is 17.6 Å². The summed E-state index contributed by atoms with van der Waals surface area (Å²) >= 11 is 6.07. The quantitative estimate of drug-likeness (QED) is 0.712. The molecule has 4 rings (SSSR count). The van der Waals surface area contributed by atoms with Gasteiger partial charge < -0.3 is 9.47 Å². The number of imidazole rings is 1. The number of hydrogen-bond acceptors (Lipinski definition) is 4. The summed E-state index contributed by atoms with van der Waals surface area (Å²) < 4.78 is 2.11. The summed E-state index contributed by atoms with van der Waals surface area (Å²) in [6.07, 6.45) is 1.65. The number of aryl methyl sites for hydroxylation is 1. The van der Waals surface area contributed by atoms with Crippen LogP contribution in [0.5, 0.6) is 0 Å². The molecule has 0 unspecified atom stereocenters. The average molecular weight is 370 g/mol. The minimum absolute atomic E-state index is 0.00243. The highest BCUT2D eigenvalue weighted by molar-refractivity contribution is 6.31. The number of amides is 1. The SMILES string of the molecule is Cn1c(CN2CCN(C(=O)c3ccccn3)CC2)nc2cc(Cl)ccc21. The zero-order valence-corrected chi connectivity index (χ0v) is 15.4. The summed E-state index contributed by atoms with van der Waals surface area (Å²) in [7, 11) is 2.03. The number of halogens is 1. The number of nitrogens with zero attached hydrogens (tertiary/aromatic N) is 5. The zero-order valence-electron chi connectivity index (χ0n) is 14.6. The van der Waals surface area contributed by atoms with Gasteiger partial charge in [-0.1, -0.05) is 17.7 Å². The van der Waals surface area contributed by atoms with E-state index in [0.29, 0.717) is 23.8 Å². The van der Waals surface area contributed by atoms with Crippen LogP contribution in [0.2, 0.25) is 5.02 Å². The molecule has 0 bridgehead atoms. The molecule has 7 heteroatoms. The Morgan fingerprint density at radius 1 is 1.15 bits per heavy atom. The second kappa shape index (κ2) is 7.05. The Morgan fingerprint density at radius 2 is 1.96 bits per heavy atom.